The minimum atomic E-state index is -2.85. The van der Waals surface area contributed by atoms with E-state index in [0.717, 1.165) is 36.5 Å². The Balaban J connectivity index is 0.000000347. The first-order valence-corrected chi connectivity index (χ1v) is 21.2. The number of hydrogen-bond donors (Lipinski definition) is 0. The molecule has 0 heterocycles. The molecule has 1 radical (unpaired) electrons. The van der Waals surface area contributed by atoms with Crippen molar-refractivity contribution in [3.05, 3.63) is 101 Å². The summed E-state index contributed by atoms with van der Waals surface area (Å²) in [4.78, 5) is 0. The normalized spacial score (nSPS) is 11.4. The van der Waals surface area contributed by atoms with Gasteiger partial charge in [0.05, 0.1) is 0 Å². The van der Waals surface area contributed by atoms with Gasteiger partial charge >= 0.3 is 26.9 Å². The fraction of sp³-hybridized carbons (Fsp3) is 0.471. The largest absolute Gasteiger partial charge is 0.538 e. The van der Waals surface area contributed by atoms with Crippen LogP contribution in [-0.2, 0) is 48.2 Å². The van der Waals surface area contributed by atoms with Gasteiger partial charge in [-0.15, -0.1) is 0 Å². The lowest BCUT2D eigenvalue weighted by Crippen LogP contribution is -2.57. The van der Waals surface area contributed by atoms with E-state index in [4.69, 9.17) is 47.0 Å². The van der Waals surface area contributed by atoms with E-state index in [-0.39, 0.29) is 0 Å². The Hall–Kier alpha value is -1.72. The molecule has 8 nitrogen and oxygen atoms in total. The van der Waals surface area contributed by atoms with Crippen LogP contribution in [-0.4, -0.2) is 82.3 Å². The van der Waals surface area contributed by atoms with E-state index in [1.165, 1.54) is 11.1 Å². The van der Waals surface area contributed by atoms with Gasteiger partial charge in [0.15, 0.2) is 0 Å². The quantitative estimate of drug-likeness (QED) is 0.122. The van der Waals surface area contributed by atoms with Crippen LogP contribution in [0.15, 0.2) is 84.9 Å². The van der Waals surface area contributed by atoms with Crippen molar-refractivity contribution in [3.63, 3.8) is 0 Å². The SMILES string of the molecule is CCO[Si](OCC)(OCC)c1ccccc1Cl.CO[Si](CCCc1ccccc1)OC.CO[Si](CCc1ccccc1)(OC)OC. The summed E-state index contributed by atoms with van der Waals surface area (Å²) in [5, 5.41) is 1.47. The maximum atomic E-state index is 6.21. The van der Waals surface area contributed by atoms with E-state index in [0.29, 0.717) is 24.8 Å². The van der Waals surface area contributed by atoms with Crippen LogP contribution in [0.4, 0.5) is 0 Å². The van der Waals surface area contributed by atoms with Gasteiger partial charge in [-0.05, 0) is 63.3 Å². The second kappa shape index (κ2) is 25.3. The molecule has 0 bridgehead atoms. The number of rotatable bonds is 19. The molecular formula is C34H54ClO8Si3. The molecular weight excluding hydrogens is 656 g/mol. The highest BCUT2D eigenvalue weighted by molar-refractivity contribution is 6.77. The fourth-order valence-electron chi connectivity index (χ4n) is 4.51. The standard InChI is InChI=1S/C12H19ClO3Si.C11H18O3Si.C11H17O2Si/c1-4-14-17(15-5-2,16-6-3)12-10-8-7-9-11(12)13;1-12-15(13-2,14-3)10-9-11-7-5-4-6-8-11;1-12-14(13-2)10-6-9-11-7-4-3-5-8-11/h7-10H,4-6H2,1-3H3;4-8H,9-10H2,1-3H3;3-5,7-8H,6,9-10H2,1-2H3. The van der Waals surface area contributed by atoms with Crippen molar-refractivity contribution in [2.45, 2.75) is 52.1 Å². The Morgan fingerprint density at radius 3 is 1.43 bits per heavy atom. The van der Waals surface area contributed by atoms with Crippen molar-refractivity contribution in [1.29, 1.82) is 0 Å². The highest BCUT2D eigenvalue weighted by Crippen LogP contribution is 2.17. The molecule has 0 N–H and O–H groups in total. The first-order chi connectivity index (χ1) is 22.3. The topological polar surface area (TPSA) is 73.8 Å². The molecule has 0 aromatic heterocycles. The third-order valence-electron chi connectivity index (χ3n) is 6.85. The van der Waals surface area contributed by atoms with E-state index < -0.39 is 26.9 Å². The second-order valence-corrected chi connectivity index (χ2v) is 17.8. The number of halogens is 1. The van der Waals surface area contributed by atoms with Crippen LogP contribution >= 0.6 is 11.6 Å². The Kier molecular flexibility index (Phi) is 23.3. The number of hydrogen-bond acceptors (Lipinski definition) is 8. The smallest absolute Gasteiger partial charge is 0.397 e. The minimum absolute atomic E-state index is 0.539. The minimum Gasteiger partial charge on any atom is -0.397 e. The molecule has 0 unspecified atom stereocenters. The average Bonchev–Trinajstić information content (AvgIpc) is 3.10. The average molecular weight is 711 g/mol. The number of benzene rings is 3. The van der Waals surface area contributed by atoms with Crippen LogP contribution in [0.2, 0.25) is 17.1 Å². The lowest BCUT2D eigenvalue weighted by molar-refractivity contribution is 0.0859. The zero-order valence-electron chi connectivity index (χ0n) is 28.9. The van der Waals surface area contributed by atoms with Gasteiger partial charge in [-0.3, -0.25) is 0 Å². The lowest BCUT2D eigenvalue weighted by Gasteiger charge is -2.29. The van der Waals surface area contributed by atoms with Crippen molar-refractivity contribution in [3.8, 4) is 0 Å². The van der Waals surface area contributed by atoms with Gasteiger partial charge in [0.25, 0.3) is 0 Å². The van der Waals surface area contributed by atoms with Crippen LogP contribution in [0.25, 0.3) is 0 Å². The summed E-state index contributed by atoms with van der Waals surface area (Å²) in [7, 11) is 2.13. The highest BCUT2D eigenvalue weighted by Gasteiger charge is 2.44. The zero-order valence-corrected chi connectivity index (χ0v) is 32.6. The van der Waals surface area contributed by atoms with Crippen molar-refractivity contribution in [2.75, 3.05) is 55.4 Å². The zero-order chi connectivity index (χ0) is 34.1. The molecule has 0 saturated heterocycles. The van der Waals surface area contributed by atoms with Crippen molar-refractivity contribution >= 4 is 43.7 Å². The Labute approximate surface area is 286 Å². The lowest BCUT2D eigenvalue weighted by atomic mass is 10.1. The van der Waals surface area contributed by atoms with Gasteiger partial charge in [-0.1, -0.05) is 90.5 Å². The Bertz CT molecular complexity index is 1110. The van der Waals surface area contributed by atoms with Gasteiger partial charge in [0.1, 0.15) is 0 Å². The molecule has 3 rings (SSSR count). The van der Waals surface area contributed by atoms with Crippen LogP contribution in [0.3, 0.4) is 0 Å². The first-order valence-electron chi connectivity index (χ1n) is 15.7. The molecule has 0 atom stereocenters. The van der Waals surface area contributed by atoms with Gasteiger partial charge < -0.3 is 35.4 Å². The molecule has 0 spiro atoms. The maximum Gasteiger partial charge on any atom is 0.538 e. The molecule has 257 valence electrons. The number of aryl methyl sites for hydroxylation is 2. The van der Waals surface area contributed by atoms with E-state index in [1.807, 2.05) is 69.3 Å². The van der Waals surface area contributed by atoms with Gasteiger partial charge in [-0.2, -0.15) is 0 Å². The Morgan fingerprint density at radius 1 is 0.587 bits per heavy atom. The van der Waals surface area contributed by atoms with E-state index >= 15 is 0 Å². The summed E-state index contributed by atoms with van der Waals surface area (Å²) in [6, 6.07) is 30.2. The monoisotopic (exact) mass is 709 g/mol. The molecule has 0 aliphatic carbocycles. The molecule has 46 heavy (non-hydrogen) atoms. The van der Waals surface area contributed by atoms with E-state index in [2.05, 4.69) is 36.4 Å². The summed E-state index contributed by atoms with van der Waals surface area (Å²) in [5.74, 6) is 0. The predicted octanol–water partition coefficient (Wildman–Crippen LogP) is 7.10. The van der Waals surface area contributed by atoms with Crippen molar-refractivity contribution in [1.82, 2.24) is 0 Å². The summed E-state index contributed by atoms with van der Waals surface area (Å²) < 4.78 is 43.9. The van der Waals surface area contributed by atoms with Gasteiger partial charge in [0.2, 0.25) is 0 Å². The van der Waals surface area contributed by atoms with Crippen LogP contribution in [0, 0.1) is 0 Å². The first kappa shape index (κ1) is 42.3. The van der Waals surface area contributed by atoms with Crippen molar-refractivity contribution < 1.29 is 35.4 Å². The van der Waals surface area contributed by atoms with Crippen molar-refractivity contribution in [2.24, 2.45) is 0 Å². The third-order valence-corrected chi connectivity index (χ3v) is 14.8. The van der Waals surface area contributed by atoms with Crippen LogP contribution in [0.1, 0.15) is 38.3 Å². The molecule has 0 aliphatic heterocycles. The van der Waals surface area contributed by atoms with Crippen LogP contribution < -0.4 is 5.19 Å². The summed E-state index contributed by atoms with van der Waals surface area (Å²) in [6.45, 7) is 7.40. The van der Waals surface area contributed by atoms with Gasteiger partial charge in [-0.25, -0.2) is 0 Å². The predicted molar refractivity (Wildman–Crippen MR) is 193 cm³/mol. The van der Waals surface area contributed by atoms with E-state index in [9.17, 15) is 0 Å². The fourth-order valence-corrected chi connectivity index (χ4v) is 10.3. The molecule has 0 fully saturated rings. The maximum absolute atomic E-state index is 6.21. The molecule has 12 heteroatoms. The molecule has 0 amide bonds. The highest BCUT2D eigenvalue weighted by atomic mass is 35.5. The molecule has 3 aromatic rings. The van der Waals surface area contributed by atoms with Gasteiger partial charge in [0, 0.05) is 71.6 Å². The third kappa shape index (κ3) is 15.5. The summed E-state index contributed by atoms with van der Waals surface area (Å²) >= 11 is 6.21. The summed E-state index contributed by atoms with van der Waals surface area (Å²) in [5.41, 5.74) is 2.67. The molecule has 3 aromatic carbocycles. The molecule has 0 saturated carbocycles. The Morgan fingerprint density at radius 2 is 1.02 bits per heavy atom. The summed E-state index contributed by atoms with van der Waals surface area (Å²) in [6.07, 6.45) is 3.17. The van der Waals surface area contributed by atoms with E-state index in [1.54, 1.807) is 35.5 Å². The van der Waals surface area contributed by atoms with Crippen LogP contribution in [0.5, 0.6) is 0 Å². The molecule has 0 aliphatic rings. The second-order valence-electron chi connectivity index (χ2n) is 9.74.